The van der Waals surface area contributed by atoms with Gasteiger partial charge in [-0.05, 0) is 18.3 Å². The lowest BCUT2D eigenvalue weighted by atomic mass is 9.97. The molecule has 1 atom stereocenters. The Balaban J connectivity index is 4.23. The number of aliphatic hydroxyl groups is 1. The van der Waals surface area contributed by atoms with Crippen LogP contribution in [-0.2, 0) is 9.53 Å². The first-order valence-corrected chi connectivity index (χ1v) is 5.44. The van der Waals surface area contributed by atoms with Crippen LogP contribution in [0.3, 0.4) is 0 Å². The third-order valence-electron chi connectivity index (χ3n) is 1.90. The van der Waals surface area contributed by atoms with Crippen LogP contribution in [0, 0.1) is 11.3 Å². The van der Waals surface area contributed by atoms with Gasteiger partial charge in [0, 0.05) is 6.42 Å². The highest BCUT2D eigenvalue weighted by Gasteiger charge is 2.32. The van der Waals surface area contributed by atoms with E-state index in [0.29, 0.717) is 13.0 Å². The summed E-state index contributed by atoms with van der Waals surface area (Å²) in [6.07, 6.45) is 0.344. The fraction of sp³-hybridized carbons (Fsp3) is 0.917. The molecule has 15 heavy (non-hydrogen) atoms. The van der Waals surface area contributed by atoms with E-state index in [1.807, 2.05) is 34.6 Å². The van der Waals surface area contributed by atoms with E-state index in [2.05, 4.69) is 0 Å². The van der Waals surface area contributed by atoms with Gasteiger partial charge in [0.15, 0.2) is 5.78 Å². The molecule has 0 aromatic heterocycles. The van der Waals surface area contributed by atoms with Crippen LogP contribution >= 0.6 is 0 Å². The van der Waals surface area contributed by atoms with E-state index in [-0.39, 0.29) is 17.1 Å². The lowest BCUT2D eigenvalue weighted by molar-refractivity contribution is -0.205. The minimum Gasteiger partial charge on any atom is -0.360 e. The number of hydrogen-bond acceptors (Lipinski definition) is 3. The molecule has 0 aliphatic heterocycles. The summed E-state index contributed by atoms with van der Waals surface area (Å²) < 4.78 is 5.26. The van der Waals surface area contributed by atoms with Crippen molar-refractivity contribution in [2.75, 3.05) is 6.61 Å². The second kappa shape index (κ2) is 5.08. The molecule has 0 saturated heterocycles. The Morgan fingerprint density at radius 1 is 1.27 bits per heavy atom. The van der Waals surface area contributed by atoms with Gasteiger partial charge in [-0.15, -0.1) is 0 Å². The number of ketones is 1. The molecule has 0 saturated carbocycles. The molecule has 0 spiro atoms. The zero-order valence-electron chi connectivity index (χ0n) is 10.8. The average Bonchev–Trinajstić information content (AvgIpc) is 1.98. The Morgan fingerprint density at radius 3 is 2.07 bits per heavy atom. The molecule has 3 heteroatoms. The van der Waals surface area contributed by atoms with Crippen LogP contribution in [0.1, 0.15) is 48.0 Å². The smallest absolute Gasteiger partial charge is 0.223 e. The molecule has 3 nitrogen and oxygen atoms in total. The molecule has 0 rings (SSSR count). The zero-order valence-corrected chi connectivity index (χ0v) is 10.8. The van der Waals surface area contributed by atoms with Crippen molar-refractivity contribution >= 4 is 5.78 Å². The van der Waals surface area contributed by atoms with Gasteiger partial charge in [0.2, 0.25) is 5.79 Å². The summed E-state index contributed by atoms with van der Waals surface area (Å²) in [4.78, 5) is 11.6. The van der Waals surface area contributed by atoms with E-state index >= 15 is 0 Å². The number of carbonyl (C=O) groups is 1. The molecule has 1 N–H and O–H groups in total. The van der Waals surface area contributed by atoms with E-state index in [9.17, 15) is 9.90 Å². The van der Waals surface area contributed by atoms with Crippen molar-refractivity contribution in [1.29, 1.82) is 0 Å². The minimum absolute atomic E-state index is 0.0535. The highest BCUT2D eigenvalue weighted by atomic mass is 16.6. The molecule has 0 heterocycles. The second-order valence-electron chi connectivity index (χ2n) is 5.85. The summed E-state index contributed by atoms with van der Waals surface area (Å²) in [6, 6.07) is 0. The van der Waals surface area contributed by atoms with E-state index in [1.165, 1.54) is 6.92 Å². The summed E-state index contributed by atoms with van der Waals surface area (Å²) in [6.45, 7) is 11.7. The van der Waals surface area contributed by atoms with Crippen molar-refractivity contribution in [2.45, 2.75) is 53.8 Å². The molecule has 1 unspecified atom stereocenters. The topological polar surface area (TPSA) is 46.5 Å². The lowest BCUT2D eigenvalue weighted by Gasteiger charge is -2.27. The van der Waals surface area contributed by atoms with Gasteiger partial charge in [-0.3, -0.25) is 4.79 Å². The summed E-state index contributed by atoms with van der Waals surface area (Å²) >= 11 is 0. The van der Waals surface area contributed by atoms with Gasteiger partial charge in [-0.1, -0.05) is 34.6 Å². The van der Waals surface area contributed by atoms with Crippen molar-refractivity contribution in [3.8, 4) is 0 Å². The van der Waals surface area contributed by atoms with Gasteiger partial charge in [-0.25, -0.2) is 0 Å². The van der Waals surface area contributed by atoms with Gasteiger partial charge in [0.05, 0.1) is 6.61 Å². The molecule has 0 amide bonds. The molecule has 0 aromatic carbocycles. The summed E-state index contributed by atoms with van der Waals surface area (Å²) in [5, 5.41) is 9.82. The quantitative estimate of drug-likeness (QED) is 0.718. The molecule has 0 aliphatic rings. The summed E-state index contributed by atoms with van der Waals surface area (Å²) in [7, 11) is 0. The zero-order chi connectivity index (χ0) is 12.3. The van der Waals surface area contributed by atoms with Gasteiger partial charge >= 0.3 is 0 Å². The highest BCUT2D eigenvalue weighted by molar-refractivity contribution is 5.85. The number of Topliss-reactive ketones (excluding diaryl/α,β-unsaturated/α-hetero) is 1. The van der Waals surface area contributed by atoms with Gasteiger partial charge in [0.25, 0.3) is 0 Å². The molecule has 0 aliphatic carbocycles. The second-order valence-corrected chi connectivity index (χ2v) is 5.85. The van der Waals surface area contributed by atoms with Crippen molar-refractivity contribution in [3.05, 3.63) is 0 Å². The van der Waals surface area contributed by atoms with Crippen LogP contribution in [0.15, 0.2) is 0 Å². The molecule has 0 fully saturated rings. The molecular weight excluding hydrogens is 192 g/mol. The Hall–Kier alpha value is -0.410. The van der Waals surface area contributed by atoms with Crippen molar-refractivity contribution in [1.82, 2.24) is 0 Å². The third-order valence-corrected chi connectivity index (χ3v) is 1.90. The van der Waals surface area contributed by atoms with Crippen LogP contribution in [0.2, 0.25) is 0 Å². The first-order chi connectivity index (χ1) is 6.54. The number of hydrogen-bond donors (Lipinski definition) is 1. The van der Waals surface area contributed by atoms with Gasteiger partial charge in [-0.2, -0.15) is 0 Å². The fourth-order valence-electron chi connectivity index (χ4n) is 0.998. The van der Waals surface area contributed by atoms with Crippen LogP contribution in [-0.4, -0.2) is 23.3 Å². The molecule has 0 aromatic rings. The maximum absolute atomic E-state index is 11.6. The van der Waals surface area contributed by atoms with Crippen molar-refractivity contribution < 1.29 is 14.6 Å². The Morgan fingerprint density at radius 2 is 1.73 bits per heavy atom. The maximum Gasteiger partial charge on any atom is 0.223 e. The number of carbonyl (C=O) groups excluding carboxylic acids is 1. The lowest BCUT2D eigenvalue weighted by Crippen LogP contribution is -2.41. The normalized spacial score (nSPS) is 16.5. The summed E-state index contributed by atoms with van der Waals surface area (Å²) in [5.41, 5.74) is -0.0535. The molecular formula is C12H24O3. The molecule has 0 radical (unpaired) electrons. The minimum atomic E-state index is -1.64. The van der Waals surface area contributed by atoms with E-state index in [0.717, 1.165) is 0 Å². The standard InChI is InChI=1S/C12H24O3/c1-9(2)7-10(13)12(6,14)15-8-11(3,4)5/h9,14H,7-8H2,1-6H3. The predicted molar refractivity (Wildman–Crippen MR) is 60.5 cm³/mol. The average molecular weight is 216 g/mol. The van der Waals surface area contributed by atoms with Crippen molar-refractivity contribution in [3.63, 3.8) is 0 Å². The van der Waals surface area contributed by atoms with E-state index in [1.54, 1.807) is 0 Å². The largest absolute Gasteiger partial charge is 0.360 e. The third kappa shape index (κ3) is 6.63. The number of ether oxygens (including phenoxy) is 1. The Bertz CT molecular complexity index is 211. The van der Waals surface area contributed by atoms with Crippen LogP contribution < -0.4 is 0 Å². The first kappa shape index (κ1) is 14.6. The maximum atomic E-state index is 11.6. The Kier molecular flexibility index (Phi) is 4.94. The predicted octanol–water partition coefficient (Wildman–Crippen LogP) is 2.37. The van der Waals surface area contributed by atoms with Crippen molar-refractivity contribution in [2.24, 2.45) is 11.3 Å². The van der Waals surface area contributed by atoms with Crippen LogP contribution in [0.4, 0.5) is 0 Å². The number of rotatable bonds is 5. The molecule has 90 valence electrons. The van der Waals surface area contributed by atoms with Gasteiger partial charge in [0.1, 0.15) is 0 Å². The highest BCUT2D eigenvalue weighted by Crippen LogP contribution is 2.20. The summed E-state index contributed by atoms with van der Waals surface area (Å²) in [5.74, 6) is -1.65. The van der Waals surface area contributed by atoms with E-state index in [4.69, 9.17) is 4.74 Å². The fourth-order valence-corrected chi connectivity index (χ4v) is 0.998. The SMILES string of the molecule is CC(C)CC(=O)C(C)(O)OCC(C)(C)C. The Labute approximate surface area is 92.8 Å². The van der Waals surface area contributed by atoms with Gasteiger partial charge < -0.3 is 9.84 Å². The monoisotopic (exact) mass is 216 g/mol. The van der Waals surface area contributed by atoms with Crippen LogP contribution in [0.5, 0.6) is 0 Å². The molecule has 0 bridgehead atoms. The first-order valence-electron chi connectivity index (χ1n) is 5.44. The van der Waals surface area contributed by atoms with E-state index < -0.39 is 5.79 Å². The van der Waals surface area contributed by atoms with Crippen LogP contribution in [0.25, 0.3) is 0 Å².